The van der Waals surface area contributed by atoms with Gasteiger partial charge in [-0.3, -0.25) is 19.7 Å². The van der Waals surface area contributed by atoms with Gasteiger partial charge in [0, 0.05) is 18.4 Å². The summed E-state index contributed by atoms with van der Waals surface area (Å²) in [5.41, 5.74) is 0.973. The van der Waals surface area contributed by atoms with Gasteiger partial charge in [0.15, 0.2) is 11.6 Å². The maximum Gasteiger partial charge on any atom is 0.326 e. The fourth-order valence-corrected chi connectivity index (χ4v) is 3.41. The molecule has 1 aromatic carbocycles. The molecule has 1 unspecified atom stereocenters. The van der Waals surface area contributed by atoms with Gasteiger partial charge in [-0.05, 0) is 49.8 Å². The molecule has 28 heavy (non-hydrogen) atoms. The van der Waals surface area contributed by atoms with Gasteiger partial charge in [0.2, 0.25) is 5.91 Å². The van der Waals surface area contributed by atoms with E-state index in [-0.39, 0.29) is 31.0 Å². The fraction of sp³-hybridized carbons (Fsp3) is 0.579. The van der Waals surface area contributed by atoms with E-state index >= 15 is 0 Å². The number of nitrogens with one attached hydrogen (secondary N) is 2. The molecule has 7 nitrogen and oxygen atoms in total. The zero-order valence-corrected chi connectivity index (χ0v) is 16.7. The molecule has 0 aromatic heterocycles. The van der Waals surface area contributed by atoms with Crippen LogP contribution in [0.3, 0.4) is 0 Å². The van der Waals surface area contributed by atoms with Crippen LogP contribution in [0.2, 0.25) is 0 Å². The molecule has 1 aliphatic heterocycles. The molecule has 3 amide bonds. The van der Waals surface area contributed by atoms with E-state index in [4.69, 9.17) is 9.47 Å². The Morgan fingerprint density at radius 3 is 2.93 bits per heavy atom. The quantitative estimate of drug-likeness (QED) is 0.313. The Balaban J connectivity index is 1.29. The molecule has 1 aliphatic carbocycles. The van der Waals surface area contributed by atoms with Crippen molar-refractivity contribution in [3.8, 4) is 5.75 Å². The Labute approximate surface area is 168 Å². The Morgan fingerprint density at radius 1 is 1.39 bits per heavy atom. The lowest BCUT2D eigenvalue weighted by Gasteiger charge is -2.16. The van der Waals surface area contributed by atoms with Crippen molar-refractivity contribution < 1.29 is 23.5 Å². The van der Waals surface area contributed by atoms with Crippen molar-refractivity contribution in [2.45, 2.75) is 32.2 Å². The van der Waals surface area contributed by atoms with Crippen molar-refractivity contribution in [3.63, 3.8) is 0 Å². The molecule has 1 saturated heterocycles. The van der Waals surface area contributed by atoms with Gasteiger partial charge in [-0.15, -0.1) is 0 Å². The molecule has 2 N–H and O–H groups in total. The monoisotopic (exact) mass is 411 g/mol. The molecule has 0 spiro atoms. The van der Waals surface area contributed by atoms with Gasteiger partial charge < -0.3 is 9.47 Å². The Kier molecular flexibility index (Phi) is 7.52. The number of rotatable bonds is 12. The second-order valence-corrected chi connectivity index (χ2v) is 8.01. The first-order chi connectivity index (χ1) is 13.5. The van der Waals surface area contributed by atoms with E-state index in [1.807, 2.05) is 6.92 Å². The summed E-state index contributed by atoms with van der Waals surface area (Å²) in [4.78, 5) is 23.7. The van der Waals surface area contributed by atoms with Crippen LogP contribution in [0, 0.1) is 11.7 Å². The van der Waals surface area contributed by atoms with Crippen molar-refractivity contribution in [3.05, 3.63) is 29.6 Å². The van der Waals surface area contributed by atoms with E-state index in [2.05, 4.69) is 10.0 Å². The van der Waals surface area contributed by atoms with Crippen LogP contribution in [0.5, 0.6) is 5.75 Å². The average Bonchev–Trinajstić information content (AvgIpc) is 3.44. The summed E-state index contributed by atoms with van der Waals surface area (Å²) in [5.74, 6) is 1.10. The van der Waals surface area contributed by atoms with E-state index in [9.17, 15) is 14.0 Å². The molecule has 2 aliphatic rings. The summed E-state index contributed by atoms with van der Waals surface area (Å²) in [6.07, 6.45) is 3.14. The minimum atomic E-state index is -0.408. The third-order valence-electron chi connectivity index (χ3n) is 4.54. The molecular formula is C19H26FN3O4S. The first kappa shape index (κ1) is 20.9. The zero-order chi connectivity index (χ0) is 19.9. The molecule has 1 atom stereocenters. The van der Waals surface area contributed by atoms with Crippen molar-refractivity contribution in [2.75, 3.05) is 32.2 Å². The first-order valence-corrected chi connectivity index (χ1v) is 10.5. The highest BCUT2D eigenvalue weighted by molar-refractivity contribution is 7.97. The Bertz CT molecular complexity index is 702. The molecule has 154 valence electrons. The number of carbonyl (C=O) groups is 2. The molecule has 0 radical (unpaired) electrons. The van der Waals surface area contributed by atoms with Crippen LogP contribution >= 0.6 is 11.9 Å². The van der Waals surface area contributed by atoms with Gasteiger partial charge in [-0.1, -0.05) is 18.0 Å². The molecule has 0 bridgehead atoms. The van der Waals surface area contributed by atoms with Crippen molar-refractivity contribution in [2.24, 2.45) is 5.92 Å². The maximum atomic E-state index is 13.9. The number of hydrogen-bond donors (Lipinski definition) is 2. The largest absolute Gasteiger partial charge is 0.490 e. The predicted molar refractivity (Wildman–Crippen MR) is 104 cm³/mol. The van der Waals surface area contributed by atoms with Crippen LogP contribution in [-0.4, -0.2) is 49.1 Å². The molecule has 1 heterocycles. The topological polar surface area (TPSA) is 79.9 Å². The number of urea groups is 1. The number of amides is 3. The van der Waals surface area contributed by atoms with Gasteiger partial charge in [0.1, 0.15) is 13.3 Å². The highest BCUT2D eigenvalue weighted by Crippen LogP contribution is 2.31. The van der Waals surface area contributed by atoms with Gasteiger partial charge in [-0.2, -0.15) is 0 Å². The molecule has 1 saturated carbocycles. The van der Waals surface area contributed by atoms with Gasteiger partial charge >= 0.3 is 6.03 Å². The molecular weight excluding hydrogens is 385 g/mol. The van der Waals surface area contributed by atoms with Crippen LogP contribution in [-0.2, 0) is 9.53 Å². The Morgan fingerprint density at radius 2 is 2.21 bits per heavy atom. The van der Waals surface area contributed by atoms with Crippen LogP contribution < -0.4 is 14.8 Å². The molecule has 2 fully saturated rings. The normalized spacial score (nSPS) is 17.7. The third-order valence-corrected chi connectivity index (χ3v) is 5.55. The van der Waals surface area contributed by atoms with Crippen molar-refractivity contribution >= 4 is 23.9 Å². The molecule has 3 rings (SSSR count). The lowest BCUT2D eigenvalue weighted by Crippen LogP contribution is -2.30. The first-order valence-electron chi connectivity index (χ1n) is 9.49. The SMILES string of the molecule is CC(NSCCCOCN1CC(=O)NC1=O)c1ccc(F)c(OCC2CC2)c1. The Hall–Kier alpha value is -1.84. The van der Waals surface area contributed by atoms with Crippen LogP contribution in [0.4, 0.5) is 9.18 Å². The minimum Gasteiger partial charge on any atom is -0.490 e. The molecule has 9 heteroatoms. The third kappa shape index (κ3) is 6.35. The van der Waals surface area contributed by atoms with E-state index in [0.29, 0.717) is 24.9 Å². The van der Waals surface area contributed by atoms with Crippen molar-refractivity contribution in [1.82, 2.24) is 14.9 Å². The predicted octanol–water partition coefficient (Wildman–Crippen LogP) is 2.83. The standard InChI is InChI=1S/C19H26FN3O4S/c1-13(15-5-6-16(20)17(9-15)27-11-14-3-4-14)22-28-8-2-7-26-12-23-10-18(24)21-19(23)25/h5-6,9,13-14,22H,2-4,7-8,10-12H2,1H3,(H,21,24,25). The smallest absolute Gasteiger partial charge is 0.326 e. The fourth-order valence-electron chi connectivity index (χ4n) is 2.64. The van der Waals surface area contributed by atoms with Crippen molar-refractivity contribution in [1.29, 1.82) is 0 Å². The molecule has 1 aromatic rings. The number of halogens is 1. The van der Waals surface area contributed by atoms with Gasteiger partial charge in [0.05, 0.1) is 6.61 Å². The second kappa shape index (κ2) is 10.1. The summed E-state index contributed by atoms with van der Waals surface area (Å²) in [7, 11) is 0. The number of ether oxygens (including phenoxy) is 2. The highest BCUT2D eigenvalue weighted by atomic mass is 32.2. The van der Waals surface area contributed by atoms with E-state index < -0.39 is 6.03 Å². The highest BCUT2D eigenvalue weighted by Gasteiger charge is 2.26. The van der Waals surface area contributed by atoms with Gasteiger partial charge in [0.25, 0.3) is 0 Å². The van der Waals surface area contributed by atoms with Crippen LogP contribution in [0.1, 0.15) is 37.8 Å². The summed E-state index contributed by atoms with van der Waals surface area (Å²) in [5, 5.41) is 2.20. The maximum absolute atomic E-state index is 13.9. The number of carbonyl (C=O) groups excluding carboxylic acids is 2. The van der Waals surface area contributed by atoms with Gasteiger partial charge in [-0.25, -0.2) is 9.18 Å². The van der Waals surface area contributed by atoms with Crippen LogP contribution in [0.15, 0.2) is 18.2 Å². The summed E-state index contributed by atoms with van der Waals surface area (Å²) < 4.78 is 28.2. The summed E-state index contributed by atoms with van der Waals surface area (Å²) in [6, 6.07) is 4.63. The number of nitrogens with zero attached hydrogens (tertiary/aromatic N) is 1. The lowest BCUT2D eigenvalue weighted by molar-refractivity contribution is -0.118. The summed E-state index contributed by atoms with van der Waals surface area (Å²) in [6.45, 7) is 3.27. The average molecular weight is 411 g/mol. The zero-order valence-electron chi connectivity index (χ0n) is 15.9. The number of benzene rings is 1. The number of imide groups is 1. The minimum absolute atomic E-state index is 0.0501. The summed E-state index contributed by atoms with van der Waals surface area (Å²) >= 11 is 1.57. The number of hydrogen-bond acceptors (Lipinski definition) is 6. The van der Waals surface area contributed by atoms with E-state index in [1.54, 1.807) is 24.1 Å². The second-order valence-electron chi connectivity index (χ2n) is 7.07. The van der Waals surface area contributed by atoms with E-state index in [1.165, 1.54) is 23.8 Å². The van der Waals surface area contributed by atoms with E-state index in [0.717, 1.165) is 17.7 Å². The van der Waals surface area contributed by atoms with Crippen LogP contribution in [0.25, 0.3) is 0 Å². The lowest BCUT2D eigenvalue weighted by atomic mass is 10.1.